The van der Waals surface area contributed by atoms with E-state index in [2.05, 4.69) is 47.6 Å². The van der Waals surface area contributed by atoms with Crippen LogP contribution in [0.2, 0.25) is 0 Å². The van der Waals surface area contributed by atoms with Crippen molar-refractivity contribution in [3.63, 3.8) is 0 Å². The number of likely N-dealkylation sites (tertiary alicyclic amines) is 1. The Kier molecular flexibility index (Phi) is 5.81. The highest BCUT2D eigenvalue weighted by atomic mass is 35.5. The van der Waals surface area contributed by atoms with Gasteiger partial charge in [-0.25, -0.2) is 0 Å². The monoisotopic (exact) mass is 240 g/mol. The Labute approximate surface area is 104 Å². The summed E-state index contributed by atoms with van der Waals surface area (Å²) in [5, 5.41) is 3.38. The fraction of sp³-hybridized carbons (Fsp3) is 0.538. The minimum absolute atomic E-state index is 0. The fourth-order valence-corrected chi connectivity index (χ4v) is 2.28. The second-order valence-corrected chi connectivity index (χ2v) is 4.35. The van der Waals surface area contributed by atoms with Gasteiger partial charge < -0.3 is 5.32 Å². The summed E-state index contributed by atoms with van der Waals surface area (Å²) >= 11 is 0. The van der Waals surface area contributed by atoms with Crippen molar-refractivity contribution in [1.82, 2.24) is 10.2 Å². The molecule has 0 amide bonds. The Hall–Kier alpha value is -0.570. The standard InChI is InChI=1S/C13H20N2.ClH/c1-14-13-8-5-9-15(11-13)10-12-6-3-2-4-7-12;/h2-4,6-7,13-14H,5,8-11H2,1H3;1H. The average Bonchev–Trinajstić information content (AvgIpc) is 2.31. The molecule has 1 aliphatic heterocycles. The molecule has 0 spiro atoms. The topological polar surface area (TPSA) is 15.3 Å². The van der Waals surface area contributed by atoms with Crippen LogP contribution in [0, 0.1) is 0 Å². The summed E-state index contributed by atoms with van der Waals surface area (Å²) < 4.78 is 0. The first-order chi connectivity index (χ1) is 7.38. The summed E-state index contributed by atoms with van der Waals surface area (Å²) in [7, 11) is 2.07. The van der Waals surface area contributed by atoms with Crippen LogP contribution >= 0.6 is 12.4 Å². The van der Waals surface area contributed by atoms with Crippen molar-refractivity contribution in [2.75, 3.05) is 20.1 Å². The Morgan fingerprint density at radius 2 is 2.06 bits per heavy atom. The lowest BCUT2D eigenvalue weighted by Crippen LogP contribution is -2.43. The molecule has 1 fully saturated rings. The maximum absolute atomic E-state index is 3.38. The number of benzene rings is 1. The molecule has 90 valence electrons. The predicted molar refractivity (Wildman–Crippen MR) is 71.0 cm³/mol. The fourth-order valence-electron chi connectivity index (χ4n) is 2.28. The summed E-state index contributed by atoms with van der Waals surface area (Å²) in [5.74, 6) is 0. The van der Waals surface area contributed by atoms with Gasteiger partial charge in [0, 0.05) is 19.1 Å². The number of halogens is 1. The number of hydrogen-bond donors (Lipinski definition) is 1. The zero-order valence-electron chi connectivity index (χ0n) is 9.86. The van der Waals surface area contributed by atoms with Gasteiger partial charge in [-0.15, -0.1) is 12.4 Å². The molecular weight excluding hydrogens is 220 g/mol. The zero-order chi connectivity index (χ0) is 10.5. The van der Waals surface area contributed by atoms with Crippen LogP contribution in [-0.4, -0.2) is 31.1 Å². The largest absolute Gasteiger partial charge is 0.316 e. The van der Waals surface area contributed by atoms with Gasteiger partial charge in [0.05, 0.1) is 0 Å². The SMILES string of the molecule is CNC1CCCN(Cc2ccccc2)C1.Cl. The van der Waals surface area contributed by atoms with Crippen LogP contribution < -0.4 is 5.32 Å². The van der Waals surface area contributed by atoms with Crippen molar-refractivity contribution >= 4 is 12.4 Å². The lowest BCUT2D eigenvalue weighted by atomic mass is 10.1. The van der Waals surface area contributed by atoms with Gasteiger partial charge in [0.15, 0.2) is 0 Å². The molecule has 0 radical (unpaired) electrons. The van der Waals surface area contributed by atoms with Crippen molar-refractivity contribution in [1.29, 1.82) is 0 Å². The van der Waals surface area contributed by atoms with Crippen LogP contribution in [0.5, 0.6) is 0 Å². The molecule has 1 aliphatic rings. The van der Waals surface area contributed by atoms with Crippen molar-refractivity contribution in [2.45, 2.75) is 25.4 Å². The predicted octanol–water partition coefficient (Wildman–Crippen LogP) is 2.29. The van der Waals surface area contributed by atoms with Gasteiger partial charge in [-0.1, -0.05) is 30.3 Å². The molecule has 1 saturated heterocycles. The van der Waals surface area contributed by atoms with Crippen LogP contribution in [0.4, 0.5) is 0 Å². The van der Waals surface area contributed by atoms with E-state index in [-0.39, 0.29) is 12.4 Å². The first-order valence-electron chi connectivity index (χ1n) is 5.82. The molecule has 2 nitrogen and oxygen atoms in total. The lowest BCUT2D eigenvalue weighted by molar-refractivity contribution is 0.188. The number of rotatable bonds is 3. The van der Waals surface area contributed by atoms with E-state index in [1.54, 1.807) is 0 Å². The number of likely N-dealkylation sites (N-methyl/N-ethyl adjacent to an activating group) is 1. The molecule has 1 N–H and O–H groups in total. The minimum atomic E-state index is 0. The second-order valence-electron chi connectivity index (χ2n) is 4.35. The van der Waals surface area contributed by atoms with E-state index in [1.165, 1.54) is 31.5 Å². The van der Waals surface area contributed by atoms with Gasteiger partial charge in [0.1, 0.15) is 0 Å². The summed E-state index contributed by atoms with van der Waals surface area (Å²) in [6.45, 7) is 3.53. The molecule has 1 aromatic rings. The number of hydrogen-bond acceptors (Lipinski definition) is 2. The molecular formula is C13H21ClN2. The van der Waals surface area contributed by atoms with E-state index < -0.39 is 0 Å². The Bertz CT molecular complexity index is 289. The van der Waals surface area contributed by atoms with Gasteiger partial charge >= 0.3 is 0 Å². The van der Waals surface area contributed by atoms with Crippen molar-refractivity contribution < 1.29 is 0 Å². The van der Waals surface area contributed by atoms with Crippen molar-refractivity contribution in [3.8, 4) is 0 Å². The summed E-state index contributed by atoms with van der Waals surface area (Å²) in [5.41, 5.74) is 1.43. The molecule has 0 saturated carbocycles. The van der Waals surface area contributed by atoms with Crippen LogP contribution in [0.1, 0.15) is 18.4 Å². The third-order valence-corrected chi connectivity index (χ3v) is 3.16. The van der Waals surface area contributed by atoms with Gasteiger partial charge in [0.25, 0.3) is 0 Å². The number of piperidine rings is 1. The Morgan fingerprint density at radius 3 is 2.75 bits per heavy atom. The van der Waals surface area contributed by atoms with E-state index in [1.807, 2.05) is 0 Å². The van der Waals surface area contributed by atoms with Crippen LogP contribution in [0.15, 0.2) is 30.3 Å². The zero-order valence-corrected chi connectivity index (χ0v) is 10.7. The molecule has 2 rings (SSSR count). The van der Waals surface area contributed by atoms with Crippen molar-refractivity contribution in [2.24, 2.45) is 0 Å². The maximum atomic E-state index is 3.38. The van der Waals surface area contributed by atoms with Crippen LogP contribution in [-0.2, 0) is 6.54 Å². The minimum Gasteiger partial charge on any atom is -0.316 e. The molecule has 0 bridgehead atoms. The van der Waals surface area contributed by atoms with Crippen LogP contribution in [0.3, 0.4) is 0 Å². The first-order valence-corrected chi connectivity index (χ1v) is 5.82. The Morgan fingerprint density at radius 1 is 1.31 bits per heavy atom. The molecule has 0 aliphatic carbocycles. The Balaban J connectivity index is 0.00000128. The lowest BCUT2D eigenvalue weighted by Gasteiger charge is -2.32. The normalized spacial score (nSPS) is 21.4. The van der Waals surface area contributed by atoms with E-state index >= 15 is 0 Å². The summed E-state index contributed by atoms with van der Waals surface area (Å²) in [4.78, 5) is 2.54. The van der Waals surface area contributed by atoms with E-state index in [4.69, 9.17) is 0 Å². The molecule has 0 aromatic heterocycles. The van der Waals surface area contributed by atoms with Crippen LogP contribution in [0.25, 0.3) is 0 Å². The summed E-state index contributed by atoms with van der Waals surface area (Å²) in [6, 6.07) is 11.4. The highest BCUT2D eigenvalue weighted by Crippen LogP contribution is 2.13. The second kappa shape index (κ2) is 6.89. The number of nitrogens with zero attached hydrogens (tertiary/aromatic N) is 1. The highest BCUT2D eigenvalue weighted by Gasteiger charge is 2.17. The molecule has 1 unspecified atom stereocenters. The summed E-state index contributed by atoms with van der Waals surface area (Å²) in [6.07, 6.45) is 2.64. The molecule has 1 heterocycles. The van der Waals surface area contributed by atoms with Gasteiger partial charge in [-0.05, 0) is 32.0 Å². The average molecular weight is 241 g/mol. The smallest absolute Gasteiger partial charge is 0.0234 e. The van der Waals surface area contributed by atoms with Gasteiger partial charge in [-0.3, -0.25) is 4.90 Å². The molecule has 3 heteroatoms. The van der Waals surface area contributed by atoms with Gasteiger partial charge in [0.2, 0.25) is 0 Å². The molecule has 16 heavy (non-hydrogen) atoms. The van der Waals surface area contributed by atoms with Gasteiger partial charge in [-0.2, -0.15) is 0 Å². The van der Waals surface area contributed by atoms with E-state index in [0.717, 1.165) is 6.54 Å². The molecule has 1 atom stereocenters. The maximum Gasteiger partial charge on any atom is 0.0234 e. The third-order valence-electron chi connectivity index (χ3n) is 3.16. The first kappa shape index (κ1) is 13.5. The number of nitrogens with one attached hydrogen (secondary N) is 1. The van der Waals surface area contributed by atoms with E-state index in [0.29, 0.717) is 6.04 Å². The third kappa shape index (κ3) is 3.78. The van der Waals surface area contributed by atoms with E-state index in [9.17, 15) is 0 Å². The quantitative estimate of drug-likeness (QED) is 0.872. The molecule has 1 aromatic carbocycles. The van der Waals surface area contributed by atoms with Crippen molar-refractivity contribution in [3.05, 3.63) is 35.9 Å². The highest BCUT2D eigenvalue weighted by molar-refractivity contribution is 5.85.